The van der Waals surface area contributed by atoms with Gasteiger partial charge in [0.15, 0.2) is 5.11 Å². The lowest BCUT2D eigenvalue weighted by atomic mass is 10.1. The fourth-order valence-corrected chi connectivity index (χ4v) is 2.43. The summed E-state index contributed by atoms with van der Waals surface area (Å²) < 4.78 is 0. The van der Waals surface area contributed by atoms with Gasteiger partial charge in [-0.05, 0) is 50.7 Å². The highest BCUT2D eigenvalue weighted by Gasteiger charge is 2.16. The first-order chi connectivity index (χ1) is 11.3. The lowest BCUT2D eigenvalue weighted by Gasteiger charge is -2.12. The van der Waals surface area contributed by atoms with E-state index in [1.165, 1.54) is 18.2 Å². The van der Waals surface area contributed by atoms with Gasteiger partial charge in [-0.3, -0.25) is 20.2 Å². The zero-order valence-electron chi connectivity index (χ0n) is 13.5. The van der Waals surface area contributed by atoms with E-state index >= 15 is 0 Å². The molecule has 0 aliphatic carbocycles. The highest BCUT2D eigenvalue weighted by Crippen LogP contribution is 2.19. The van der Waals surface area contributed by atoms with E-state index < -0.39 is 10.8 Å². The number of carbonyl (C=O) groups is 1. The molecule has 0 heterocycles. The summed E-state index contributed by atoms with van der Waals surface area (Å²) in [7, 11) is 0. The Morgan fingerprint density at radius 2 is 1.79 bits per heavy atom. The minimum absolute atomic E-state index is 0.101. The number of nitro benzene ring substituents is 1. The number of anilines is 1. The standard InChI is InChI=1S/C17H17N3O3S/c1-10-4-7-14(12(3)8-10)18-17(24)19-16(21)13-6-5-11(2)15(9-13)20(22)23/h4-9H,1-3H3,(H2,18,19,21,24). The molecular weight excluding hydrogens is 326 g/mol. The van der Waals surface area contributed by atoms with Crippen molar-refractivity contribution in [3.63, 3.8) is 0 Å². The molecule has 0 fully saturated rings. The fraction of sp³-hybridized carbons (Fsp3) is 0.176. The van der Waals surface area contributed by atoms with Gasteiger partial charge < -0.3 is 5.32 Å². The lowest BCUT2D eigenvalue weighted by molar-refractivity contribution is -0.385. The van der Waals surface area contributed by atoms with E-state index in [0.717, 1.165) is 16.8 Å². The lowest BCUT2D eigenvalue weighted by Crippen LogP contribution is -2.34. The van der Waals surface area contributed by atoms with Gasteiger partial charge in [0.05, 0.1) is 4.92 Å². The van der Waals surface area contributed by atoms with Crippen molar-refractivity contribution in [3.05, 3.63) is 68.8 Å². The molecule has 0 saturated carbocycles. The van der Waals surface area contributed by atoms with Crippen molar-refractivity contribution >= 4 is 34.6 Å². The van der Waals surface area contributed by atoms with Crippen molar-refractivity contribution in [2.75, 3.05) is 5.32 Å². The molecule has 7 heteroatoms. The second kappa shape index (κ2) is 7.18. The van der Waals surface area contributed by atoms with E-state index in [9.17, 15) is 14.9 Å². The summed E-state index contributed by atoms with van der Waals surface area (Å²) in [5.41, 5.74) is 3.49. The van der Waals surface area contributed by atoms with Gasteiger partial charge in [-0.25, -0.2) is 0 Å². The molecule has 0 aliphatic rings. The first kappa shape index (κ1) is 17.6. The summed E-state index contributed by atoms with van der Waals surface area (Å²) in [5, 5.41) is 16.6. The number of aryl methyl sites for hydroxylation is 3. The zero-order chi connectivity index (χ0) is 17.9. The Morgan fingerprint density at radius 3 is 2.42 bits per heavy atom. The maximum atomic E-state index is 12.2. The zero-order valence-corrected chi connectivity index (χ0v) is 14.4. The van der Waals surface area contributed by atoms with Crippen molar-refractivity contribution < 1.29 is 9.72 Å². The number of hydrogen-bond donors (Lipinski definition) is 2. The van der Waals surface area contributed by atoms with Crippen LogP contribution < -0.4 is 10.6 Å². The molecule has 2 aromatic carbocycles. The first-order valence-corrected chi connectivity index (χ1v) is 7.63. The first-order valence-electron chi connectivity index (χ1n) is 7.22. The van der Waals surface area contributed by atoms with Crippen molar-refractivity contribution in [2.24, 2.45) is 0 Å². The molecule has 24 heavy (non-hydrogen) atoms. The largest absolute Gasteiger partial charge is 0.332 e. The Bertz CT molecular complexity index is 834. The van der Waals surface area contributed by atoms with Gasteiger partial charge in [0.25, 0.3) is 11.6 Å². The predicted molar refractivity (Wildman–Crippen MR) is 97.4 cm³/mol. The van der Waals surface area contributed by atoms with Gasteiger partial charge in [0, 0.05) is 22.9 Å². The van der Waals surface area contributed by atoms with Crippen molar-refractivity contribution in [1.82, 2.24) is 5.32 Å². The SMILES string of the molecule is Cc1ccc(NC(=S)NC(=O)c2ccc(C)c([N+](=O)[O-])c2)c(C)c1. The van der Waals surface area contributed by atoms with Crippen molar-refractivity contribution in [2.45, 2.75) is 20.8 Å². The Labute approximate surface area is 145 Å². The van der Waals surface area contributed by atoms with Gasteiger partial charge >= 0.3 is 0 Å². The molecule has 1 amide bonds. The molecule has 0 aliphatic heterocycles. The molecule has 0 radical (unpaired) electrons. The number of thiocarbonyl (C=S) groups is 1. The maximum Gasteiger partial charge on any atom is 0.273 e. The van der Waals surface area contributed by atoms with Crippen LogP contribution in [0.3, 0.4) is 0 Å². The average Bonchev–Trinajstić information content (AvgIpc) is 2.50. The van der Waals surface area contributed by atoms with Crippen LogP contribution in [0.4, 0.5) is 11.4 Å². The van der Waals surface area contributed by atoms with Gasteiger partial charge in [-0.15, -0.1) is 0 Å². The number of nitro groups is 1. The Hall–Kier alpha value is -2.80. The highest BCUT2D eigenvalue weighted by molar-refractivity contribution is 7.80. The molecule has 2 aromatic rings. The van der Waals surface area contributed by atoms with E-state index in [-0.39, 0.29) is 16.4 Å². The van der Waals surface area contributed by atoms with Crippen LogP contribution in [-0.2, 0) is 0 Å². The molecule has 0 unspecified atom stereocenters. The summed E-state index contributed by atoms with van der Waals surface area (Å²) in [6.07, 6.45) is 0. The van der Waals surface area contributed by atoms with Crippen LogP contribution in [-0.4, -0.2) is 15.9 Å². The summed E-state index contributed by atoms with van der Waals surface area (Å²) in [4.78, 5) is 22.7. The van der Waals surface area contributed by atoms with Gasteiger partial charge in [0.2, 0.25) is 0 Å². The normalized spacial score (nSPS) is 10.1. The number of rotatable bonds is 3. The molecule has 2 rings (SSSR count). The maximum absolute atomic E-state index is 12.2. The Morgan fingerprint density at radius 1 is 1.08 bits per heavy atom. The molecule has 2 N–H and O–H groups in total. The highest BCUT2D eigenvalue weighted by atomic mass is 32.1. The molecule has 0 spiro atoms. The minimum atomic E-state index is -0.516. The Balaban J connectivity index is 2.10. The van der Waals surface area contributed by atoms with Crippen LogP contribution in [0.2, 0.25) is 0 Å². The third-order valence-electron chi connectivity index (χ3n) is 3.53. The van der Waals surface area contributed by atoms with Crippen LogP contribution in [0.1, 0.15) is 27.0 Å². The molecular formula is C17H17N3O3S. The van der Waals surface area contributed by atoms with Gasteiger partial charge in [0.1, 0.15) is 0 Å². The van der Waals surface area contributed by atoms with Gasteiger partial charge in [-0.2, -0.15) is 0 Å². The third kappa shape index (κ3) is 4.14. The third-order valence-corrected chi connectivity index (χ3v) is 3.73. The summed E-state index contributed by atoms with van der Waals surface area (Å²) >= 11 is 5.14. The van der Waals surface area contributed by atoms with E-state index in [2.05, 4.69) is 10.6 Å². The monoisotopic (exact) mass is 343 g/mol. The molecule has 6 nitrogen and oxygen atoms in total. The number of hydrogen-bond acceptors (Lipinski definition) is 4. The number of nitrogens with zero attached hydrogens (tertiary/aromatic N) is 1. The van der Waals surface area contributed by atoms with E-state index in [1.54, 1.807) is 6.92 Å². The van der Waals surface area contributed by atoms with E-state index in [0.29, 0.717) is 5.56 Å². The molecule has 0 bridgehead atoms. The second-order valence-corrected chi connectivity index (χ2v) is 5.89. The Kier molecular flexibility index (Phi) is 5.25. The van der Waals surface area contributed by atoms with Crippen molar-refractivity contribution in [3.8, 4) is 0 Å². The molecule has 0 saturated heterocycles. The quantitative estimate of drug-likeness (QED) is 0.505. The smallest absolute Gasteiger partial charge is 0.273 e. The van der Waals surface area contributed by atoms with Gasteiger partial charge in [-0.1, -0.05) is 23.8 Å². The molecule has 0 atom stereocenters. The number of nitrogens with one attached hydrogen (secondary N) is 2. The minimum Gasteiger partial charge on any atom is -0.332 e. The number of benzene rings is 2. The average molecular weight is 343 g/mol. The van der Waals surface area contributed by atoms with E-state index in [4.69, 9.17) is 12.2 Å². The van der Waals surface area contributed by atoms with Crippen LogP contribution in [0, 0.1) is 30.9 Å². The number of amides is 1. The summed E-state index contributed by atoms with van der Waals surface area (Å²) in [5.74, 6) is -0.500. The summed E-state index contributed by atoms with van der Waals surface area (Å²) in [6.45, 7) is 5.54. The fourth-order valence-electron chi connectivity index (χ4n) is 2.23. The van der Waals surface area contributed by atoms with E-state index in [1.807, 2.05) is 32.0 Å². The van der Waals surface area contributed by atoms with Crippen LogP contribution in [0.5, 0.6) is 0 Å². The second-order valence-electron chi connectivity index (χ2n) is 5.48. The molecule has 124 valence electrons. The van der Waals surface area contributed by atoms with Crippen LogP contribution in [0.25, 0.3) is 0 Å². The predicted octanol–water partition coefficient (Wildman–Crippen LogP) is 3.65. The topological polar surface area (TPSA) is 84.3 Å². The van der Waals surface area contributed by atoms with Crippen LogP contribution in [0.15, 0.2) is 36.4 Å². The van der Waals surface area contributed by atoms with Crippen molar-refractivity contribution in [1.29, 1.82) is 0 Å². The molecule has 0 aromatic heterocycles. The van der Waals surface area contributed by atoms with Crippen LogP contribution >= 0.6 is 12.2 Å². The summed E-state index contributed by atoms with van der Waals surface area (Å²) in [6, 6.07) is 10.1. The number of carbonyl (C=O) groups excluding carboxylic acids is 1.